The van der Waals surface area contributed by atoms with E-state index in [1.54, 1.807) is 0 Å². The zero-order valence-corrected chi connectivity index (χ0v) is 11.7. The van der Waals surface area contributed by atoms with Crippen molar-refractivity contribution in [1.29, 1.82) is 0 Å². The Morgan fingerprint density at radius 2 is 1.90 bits per heavy atom. The van der Waals surface area contributed by atoms with Crippen molar-refractivity contribution in [2.24, 2.45) is 0 Å². The van der Waals surface area contributed by atoms with Gasteiger partial charge < -0.3 is 10.3 Å². The zero-order chi connectivity index (χ0) is 13.4. The first-order chi connectivity index (χ1) is 9.88. The third-order valence-electron chi connectivity index (χ3n) is 3.50. The summed E-state index contributed by atoms with van der Waals surface area (Å²) in [6.07, 6.45) is 1.97. The summed E-state index contributed by atoms with van der Waals surface area (Å²) in [5.41, 5.74) is 2.32. The van der Waals surface area contributed by atoms with E-state index >= 15 is 0 Å². The summed E-state index contributed by atoms with van der Waals surface area (Å²) in [5, 5.41) is 6.07. The zero-order valence-electron chi connectivity index (χ0n) is 10.9. The number of hydrogen-bond donors (Lipinski definition) is 2. The molecule has 0 amide bonds. The van der Waals surface area contributed by atoms with Crippen LogP contribution in [0.4, 0.5) is 5.69 Å². The lowest BCUT2D eigenvalue weighted by Crippen LogP contribution is -1.96. The third-order valence-corrected chi connectivity index (χ3v) is 4.61. The van der Waals surface area contributed by atoms with Gasteiger partial charge in [0.1, 0.15) is 0 Å². The molecule has 0 bridgehead atoms. The number of nitrogens with one attached hydrogen (secondary N) is 2. The number of thiophene rings is 1. The van der Waals surface area contributed by atoms with Gasteiger partial charge in [-0.1, -0.05) is 24.3 Å². The molecule has 0 saturated carbocycles. The number of benzene rings is 2. The molecule has 0 aliphatic carbocycles. The monoisotopic (exact) mass is 278 g/mol. The minimum Gasteiger partial charge on any atom is -0.380 e. The molecule has 2 aromatic heterocycles. The Morgan fingerprint density at radius 1 is 0.950 bits per heavy atom. The lowest BCUT2D eigenvalue weighted by Gasteiger charge is -2.04. The molecule has 0 spiro atoms. The highest BCUT2D eigenvalue weighted by Gasteiger charge is 2.02. The van der Waals surface area contributed by atoms with Gasteiger partial charge in [-0.25, -0.2) is 0 Å². The second-order valence-electron chi connectivity index (χ2n) is 4.88. The predicted molar refractivity (Wildman–Crippen MR) is 87.5 cm³/mol. The first-order valence-corrected chi connectivity index (χ1v) is 7.49. The molecule has 0 aliphatic heterocycles. The van der Waals surface area contributed by atoms with Crippen LogP contribution in [-0.4, -0.2) is 4.98 Å². The maximum atomic E-state index is 3.49. The minimum atomic E-state index is 0.867. The summed E-state index contributed by atoms with van der Waals surface area (Å²) in [7, 11) is 0. The molecule has 2 N–H and O–H groups in total. The molecule has 4 rings (SSSR count). The molecule has 0 unspecified atom stereocenters. The normalized spacial score (nSPS) is 11.2. The van der Waals surface area contributed by atoms with E-state index in [1.165, 1.54) is 25.9 Å². The fraction of sp³-hybridized carbons (Fsp3) is 0.0588. The number of fused-ring (bicyclic) bond motifs is 2. The topological polar surface area (TPSA) is 27.8 Å². The van der Waals surface area contributed by atoms with Gasteiger partial charge in [-0.3, -0.25) is 0 Å². The van der Waals surface area contributed by atoms with E-state index in [4.69, 9.17) is 0 Å². The van der Waals surface area contributed by atoms with Gasteiger partial charge >= 0.3 is 0 Å². The largest absolute Gasteiger partial charge is 0.380 e. The molecule has 98 valence electrons. The van der Waals surface area contributed by atoms with Crippen LogP contribution in [-0.2, 0) is 6.54 Å². The van der Waals surface area contributed by atoms with E-state index in [0.29, 0.717) is 0 Å². The van der Waals surface area contributed by atoms with Crippen molar-refractivity contribution in [3.05, 3.63) is 65.7 Å². The highest BCUT2D eigenvalue weighted by Crippen LogP contribution is 2.26. The summed E-state index contributed by atoms with van der Waals surface area (Å²) in [6.45, 7) is 0.867. The van der Waals surface area contributed by atoms with Crippen molar-refractivity contribution in [1.82, 2.24) is 4.98 Å². The van der Waals surface area contributed by atoms with Crippen LogP contribution in [0.15, 0.2) is 60.8 Å². The molecule has 0 saturated heterocycles. The van der Waals surface area contributed by atoms with Gasteiger partial charge in [0.05, 0.1) is 0 Å². The number of rotatable bonds is 3. The summed E-state index contributed by atoms with van der Waals surface area (Å²) in [4.78, 5) is 4.60. The quantitative estimate of drug-likeness (QED) is 0.542. The molecule has 20 heavy (non-hydrogen) atoms. The molecule has 3 heteroatoms. The van der Waals surface area contributed by atoms with Gasteiger partial charge in [-0.15, -0.1) is 11.3 Å². The highest BCUT2D eigenvalue weighted by molar-refractivity contribution is 7.19. The van der Waals surface area contributed by atoms with Crippen molar-refractivity contribution in [2.45, 2.75) is 6.54 Å². The van der Waals surface area contributed by atoms with Gasteiger partial charge in [-0.05, 0) is 41.1 Å². The van der Waals surface area contributed by atoms with Crippen molar-refractivity contribution in [2.75, 3.05) is 5.32 Å². The minimum absolute atomic E-state index is 0.867. The smallest absolute Gasteiger partial charge is 0.0494 e. The van der Waals surface area contributed by atoms with E-state index in [-0.39, 0.29) is 0 Å². The van der Waals surface area contributed by atoms with E-state index in [2.05, 4.69) is 64.9 Å². The third kappa shape index (κ3) is 2.06. The molecular formula is C17H14N2S. The summed E-state index contributed by atoms with van der Waals surface area (Å²) in [5.74, 6) is 0. The maximum Gasteiger partial charge on any atom is 0.0494 e. The molecule has 2 heterocycles. The number of hydrogen-bond acceptors (Lipinski definition) is 2. The van der Waals surface area contributed by atoms with E-state index in [0.717, 1.165) is 12.2 Å². The lowest BCUT2D eigenvalue weighted by atomic mass is 10.2. The highest BCUT2D eigenvalue weighted by atomic mass is 32.1. The van der Waals surface area contributed by atoms with Crippen LogP contribution in [0.5, 0.6) is 0 Å². The van der Waals surface area contributed by atoms with Crippen molar-refractivity contribution < 1.29 is 0 Å². The van der Waals surface area contributed by atoms with Gasteiger partial charge in [0, 0.05) is 33.5 Å². The van der Waals surface area contributed by atoms with E-state index < -0.39 is 0 Å². The van der Waals surface area contributed by atoms with Crippen LogP contribution < -0.4 is 5.32 Å². The van der Waals surface area contributed by atoms with Crippen LogP contribution in [0.1, 0.15) is 4.88 Å². The molecule has 0 fully saturated rings. The van der Waals surface area contributed by atoms with Crippen LogP contribution >= 0.6 is 11.3 Å². The van der Waals surface area contributed by atoms with Crippen molar-refractivity contribution in [3.63, 3.8) is 0 Å². The fourth-order valence-electron chi connectivity index (χ4n) is 2.47. The molecular weight excluding hydrogens is 264 g/mol. The average molecular weight is 278 g/mol. The summed E-state index contributed by atoms with van der Waals surface area (Å²) in [6, 6.07) is 19.3. The van der Waals surface area contributed by atoms with Gasteiger partial charge in [-0.2, -0.15) is 0 Å². The Hall–Kier alpha value is -2.26. The van der Waals surface area contributed by atoms with Crippen LogP contribution in [0.25, 0.3) is 21.0 Å². The van der Waals surface area contributed by atoms with Crippen molar-refractivity contribution >= 4 is 38.0 Å². The standard InChI is InChI=1S/C17H14N2S/c1-2-4-17-13(3-1)9-15(20-17)11-19-14-6-5-12-7-8-18-16(12)10-14/h1-10,18-19H,11H2. The molecule has 0 aliphatic rings. The summed E-state index contributed by atoms with van der Waals surface area (Å²) < 4.78 is 1.35. The molecule has 2 aromatic carbocycles. The molecule has 4 aromatic rings. The molecule has 2 nitrogen and oxygen atoms in total. The van der Waals surface area contributed by atoms with Crippen LogP contribution in [0.3, 0.4) is 0 Å². The number of H-pyrrole nitrogens is 1. The van der Waals surface area contributed by atoms with Gasteiger partial charge in [0.25, 0.3) is 0 Å². The summed E-state index contributed by atoms with van der Waals surface area (Å²) >= 11 is 1.85. The van der Waals surface area contributed by atoms with E-state index in [1.807, 2.05) is 17.5 Å². The number of anilines is 1. The number of aromatic amines is 1. The predicted octanol–water partition coefficient (Wildman–Crippen LogP) is 4.99. The Kier molecular flexibility index (Phi) is 2.71. The van der Waals surface area contributed by atoms with Gasteiger partial charge in [0.15, 0.2) is 0 Å². The second kappa shape index (κ2) is 4.69. The molecule has 0 atom stereocenters. The Labute approximate surface area is 121 Å². The Morgan fingerprint density at radius 3 is 2.85 bits per heavy atom. The second-order valence-corrected chi connectivity index (χ2v) is 6.05. The first kappa shape index (κ1) is 11.6. The SMILES string of the molecule is c1ccc2sc(CNc3ccc4cc[nH]c4c3)cc2c1. The average Bonchev–Trinajstić information content (AvgIpc) is 3.10. The Bertz CT molecular complexity index is 838. The first-order valence-electron chi connectivity index (χ1n) is 6.67. The van der Waals surface area contributed by atoms with Gasteiger partial charge in [0.2, 0.25) is 0 Å². The number of aromatic nitrogens is 1. The van der Waals surface area contributed by atoms with Crippen molar-refractivity contribution in [3.8, 4) is 0 Å². The maximum absolute atomic E-state index is 3.49. The van der Waals surface area contributed by atoms with Crippen LogP contribution in [0.2, 0.25) is 0 Å². The fourth-order valence-corrected chi connectivity index (χ4v) is 3.48. The van der Waals surface area contributed by atoms with Crippen LogP contribution in [0, 0.1) is 0 Å². The Balaban J connectivity index is 1.56. The van der Waals surface area contributed by atoms with E-state index in [9.17, 15) is 0 Å². The molecule has 0 radical (unpaired) electrons. The lowest BCUT2D eigenvalue weighted by molar-refractivity contribution is 1.20.